The number of rotatable bonds is 3. The van der Waals surface area contributed by atoms with E-state index in [-0.39, 0.29) is 6.03 Å². The summed E-state index contributed by atoms with van der Waals surface area (Å²) in [4.78, 5) is 14.2. The molecule has 0 spiro atoms. The molecule has 1 saturated carbocycles. The second-order valence-electron chi connectivity index (χ2n) is 4.67. The van der Waals surface area contributed by atoms with Gasteiger partial charge in [0, 0.05) is 15.8 Å². The molecule has 0 saturated heterocycles. The van der Waals surface area contributed by atoms with Crippen molar-refractivity contribution in [2.75, 3.05) is 0 Å². The summed E-state index contributed by atoms with van der Waals surface area (Å²) >= 11 is 1.73. The third-order valence-corrected chi connectivity index (χ3v) is 4.16. The highest BCUT2D eigenvalue weighted by molar-refractivity contribution is 7.11. The topological polar surface area (TPSA) is 41.1 Å². The van der Waals surface area contributed by atoms with E-state index in [1.165, 1.54) is 29.0 Å². The molecule has 0 atom stereocenters. The van der Waals surface area contributed by atoms with Crippen molar-refractivity contribution >= 4 is 17.4 Å². The second kappa shape index (κ2) is 6.05. The zero-order valence-corrected chi connectivity index (χ0v) is 11.1. The molecular weight excluding hydrogens is 232 g/mol. The van der Waals surface area contributed by atoms with E-state index in [0.29, 0.717) is 12.6 Å². The number of urea groups is 1. The van der Waals surface area contributed by atoms with Crippen molar-refractivity contribution in [2.24, 2.45) is 0 Å². The van der Waals surface area contributed by atoms with Gasteiger partial charge in [-0.25, -0.2) is 4.79 Å². The Morgan fingerprint density at radius 1 is 1.35 bits per heavy atom. The number of nitrogens with one attached hydrogen (secondary N) is 2. The van der Waals surface area contributed by atoms with Crippen LogP contribution in [0.15, 0.2) is 12.1 Å². The maximum absolute atomic E-state index is 11.7. The van der Waals surface area contributed by atoms with E-state index in [1.807, 2.05) is 0 Å². The SMILES string of the molecule is Cc1ccc(CNC(=O)NC2CCCCC2)s1. The van der Waals surface area contributed by atoms with Crippen LogP contribution in [-0.2, 0) is 6.54 Å². The third-order valence-electron chi connectivity index (χ3n) is 3.16. The summed E-state index contributed by atoms with van der Waals surface area (Å²) in [6, 6.07) is 4.51. The van der Waals surface area contributed by atoms with Gasteiger partial charge in [0.2, 0.25) is 0 Å². The van der Waals surface area contributed by atoms with Crippen molar-refractivity contribution < 1.29 is 4.79 Å². The fourth-order valence-corrected chi connectivity index (χ4v) is 3.06. The van der Waals surface area contributed by atoms with E-state index >= 15 is 0 Å². The van der Waals surface area contributed by atoms with Gasteiger partial charge in [0.25, 0.3) is 0 Å². The predicted molar refractivity (Wildman–Crippen MR) is 71.3 cm³/mol. The molecule has 17 heavy (non-hydrogen) atoms. The summed E-state index contributed by atoms with van der Waals surface area (Å²) in [6.07, 6.45) is 6.06. The van der Waals surface area contributed by atoms with Crippen molar-refractivity contribution in [3.63, 3.8) is 0 Å². The highest BCUT2D eigenvalue weighted by Crippen LogP contribution is 2.17. The molecule has 1 heterocycles. The minimum absolute atomic E-state index is 0.0250. The van der Waals surface area contributed by atoms with Crippen molar-refractivity contribution in [1.82, 2.24) is 10.6 Å². The molecule has 0 aliphatic heterocycles. The third kappa shape index (κ3) is 4.04. The van der Waals surface area contributed by atoms with Gasteiger partial charge in [-0.15, -0.1) is 11.3 Å². The van der Waals surface area contributed by atoms with Crippen LogP contribution in [0.5, 0.6) is 0 Å². The average molecular weight is 252 g/mol. The molecule has 2 amide bonds. The molecular formula is C13H20N2OS. The van der Waals surface area contributed by atoms with Crippen LogP contribution in [-0.4, -0.2) is 12.1 Å². The summed E-state index contributed by atoms with van der Waals surface area (Å²) in [5.74, 6) is 0. The lowest BCUT2D eigenvalue weighted by Crippen LogP contribution is -2.42. The van der Waals surface area contributed by atoms with E-state index in [4.69, 9.17) is 0 Å². The maximum atomic E-state index is 11.7. The second-order valence-corrected chi connectivity index (χ2v) is 6.05. The number of hydrogen-bond donors (Lipinski definition) is 2. The van der Waals surface area contributed by atoms with Gasteiger partial charge in [0.1, 0.15) is 0 Å². The van der Waals surface area contributed by atoms with Gasteiger partial charge >= 0.3 is 6.03 Å². The molecule has 1 aliphatic rings. The Balaban J connectivity index is 1.70. The number of amides is 2. The Bertz CT molecular complexity index is 369. The lowest BCUT2D eigenvalue weighted by molar-refractivity contribution is 0.232. The van der Waals surface area contributed by atoms with E-state index in [1.54, 1.807) is 11.3 Å². The maximum Gasteiger partial charge on any atom is 0.315 e. The fraction of sp³-hybridized carbons (Fsp3) is 0.615. The summed E-state index contributed by atoms with van der Waals surface area (Å²) in [7, 11) is 0. The summed E-state index contributed by atoms with van der Waals surface area (Å²) < 4.78 is 0. The standard InChI is InChI=1S/C13H20N2OS/c1-10-7-8-12(17-10)9-14-13(16)15-11-5-3-2-4-6-11/h7-8,11H,2-6,9H2,1H3,(H2,14,15,16). The molecule has 1 aliphatic carbocycles. The van der Waals surface area contributed by atoms with Gasteiger partial charge in [-0.05, 0) is 31.9 Å². The average Bonchev–Trinajstić information content (AvgIpc) is 2.74. The van der Waals surface area contributed by atoms with Crippen LogP contribution in [0.25, 0.3) is 0 Å². The molecule has 2 N–H and O–H groups in total. The van der Waals surface area contributed by atoms with Crippen LogP contribution in [0.2, 0.25) is 0 Å². The van der Waals surface area contributed by atoms with Gasteiger partial charge in [-0.1, -0.05) is 19.3 Å². The van der Waals surface area contributed by atoms with Gasteiger partial charge < -0.3 is 10.6 Å². The van der Waals surface area contributed by atoms with Crippen molar-refractivity contribution in [3.05, 3.63) is 21.9 Å². The number of carbonyl (C=O) groups excluding carboxylic acids is 1. The summed E-state index contributed by atoms with van der Waals surface area (Å²) in [6.45, 7) is 2.72. The first kappa shape index (κ1) is 12.4. The largest absolute Gasteiger partial charge is 0.335 e. The van der Waals surface area contributed by atoms with E-state index in [0.717, 1.165) is 12.8 Å². The molecule has 1 aromatic rings. The number of thiophene rings is 1. The number of carbonyl (C=O) groups is 1. The van der Waals surface area contributed by atoms with E-state index < -0.39 is 0 Å². The van der Waals surface area contributed by atoms with Gasteiger partial charge in [0.05, 0.1) is 6.54 Å². The van der Waals surface area contributed by atoms with Crippen molar-refractivity contribution in [3.8, 4) is 0 Å². The van der Waals surface area contributed by atoms with Crippen LogP contribution >= 0.6 is 11.3 Å². The van der Waals surface area contributed by atoms with Gasteiger partial charge in [-0.2, -0.15) is 0 Å². The number of aryl methyl sites for hydroxylation is 1. The van der Waals surface area contributed by atoms with Crippen LogP contribution in [0.4, 0.5) is 4.79 Å². The lowest BCUT2D eigenvalue weighted by Gasteiger charge is -2.22. The molecule has 0 bridgehead atoms. The molecule has 0 radical (unpaired) electrons. The molecule has 1 fully saturated rings. The summed E-state index contributed by atoms with van der Waals surface area (Å²) in [5, 5.41) is 5.97. The summed E-state index contributed by atoms with van der Waals surface area (Å²) in [5.41, 5.74) is 0. The molecule has 1 aromatic heterocycles. The first-order valence-electron chi connectivity index (χ1n) is 6.34. The molecule has 94 valence electrons. The Morgan fingerprint density at radius 3 is 2.76 bits per heavy atom. The van der Waals surface area contributed by atoms with Crippen molar-refractivity contribution in [1.29, 1.82) is 0 Å². The Kier molecular flexibility index (Phi) is 4.42. The molecule has 3 nitrogen and oxygen atoms in total. The first-order chi connectivity index (χ1) is 8.24. The fourth-order valence-electron chi connectivity index (χ4n) is 2.23. The Hall–Kier alpha value is -1.03. The zero-order valence-electron chi connectivity index (χ0n) is 10.3. The lowest BCUT2D eigenvalue weighted by atomic mass is 9.96. The van der Waals surface area contributed by atoms with E-state index in [2.05, 4.69) is 29.7 Å². The van der Waals surface area contributed by atoms with Crippen molar-refractivity contribution in [2.45, 2.75) is 51.6 Å². The van der Waals surface area contributed by atoms with Gasteiger partial charge in [0.15, 0.2) is 0 Å². The Labute approximate surface area is 107 Å². The Morgan fingerprint density at radius 2 is 2.12 bits per heavy atom. The molecule has 2 rings (SSSR count). The normalized spacial score (nSPS) is 16.8. The zero-order chi connectivity index (χ0) is 12.1. The van der Waals surface area contributed by atoms with Crippen LogP contribution in [0, 0.1) is 6.92 Å². The minimum atomic E-state index is -0.0250. The van der Waals surface area contributed by atoms with Gasteiger partial charge in [-0.3, -0.25) is 0 Å². The van der Waals surface area contributed by atoms with E-state index in [9.17, 15) is 4.79 Å². The molecule has 0 unspecified atom stereocenters. The van der Waals surface area contributed by atoms with Crippen LogP contribution in [0.3, 0.4) is 0 Å². The predicted octanol–water partition coefficient (Wildman–Crippen LogP) is 3.19. The first-order valence-corrected chi connectivity index (χ1v) is 7.15. The molecule has 0 aromatic carbocycles. The van der Waals surface area contributed by atoms with Crippen LogP contribution < -0.4 is 10.6 Å². The highest BCUT2D eigenvalue weighted by Gasteiger charge is 2.15. The smallest absolute Gasteiger partial charge is 0.315 e. The number of hydrogen-bond acceptors (Lipinski definition) is 2. The monoisotopic (exact) mass is 252 g/mol. The van der Waals surface area contributed by atoms with Crippen LogP contribution in [0.1, 0.15) is 41.9 Å². The minimum Gasteiger partial charge on any atom is -0.335 e. The quantitative estimate of drug-likeness (QED) is 0.852. The molecule has 4 heteroatoms. The highest BCUT2D eigenvalue weighted by atomic mass is 32.1.